The van der Waals surface area contributed by atoms with E-state index in [2.05, 4.69) is 28.0 Å². The lowest BCUT2D eigenvalue weighted by molar-refractivity contribution is -0.129. The van der Waals surface area contributed by atoms with Crippen LogP contribution in [0.3, 0.4) is 0 Å². The van der Waals surface area contributed by atoms with Crippen molar-refractivity contribution in [3.63, 3.8) is 0 Å². The van der Waals surface area contributed by atoms with Gasteiger partial charge in [-0.05, 0) is 67.9 Å². The van der Waals surface area contributed by atoms with Crippen molar-refractivity contribution < 1.29 is 32.0 Å². The monoisotopic (exact) mass is 658 g/mol. The zero-order chi connectivity index (χ0) is 33.6. The molecule has 2 heterocycles. The second-order valence-corrected chi connectivity index (χ2v) is 14.3. The van der Waals surface area contributed by atoms with E-state index in [4.69, 9.17) is 0 Å². The van der Waals surface area contributed by atoms with Gasteiger partial charge in [0.15, 0.2) is 9.84 Å². The van der Waals surface area contributed by atoms with E-state index in [1.807, 2.05) is 6.92 Å². The van der Waals surface area contributed by atoms with Crippen LogP contribution in [0.1, 0.15) is 75.9 Å². The van der Waals surface area contributed by atoms with Crippen molar-refractivity contribution in [2.75, 3.05) is 29.9 Å². The molecule has 1 aromatic heterocycles. The molecule has 14 heteroatoms. The number of aryl methyl sites for hydroxylation is 1. The molecule has 1 atom stereocenters. The smallest absolute Gasteiger partial charge is 0.270 e. The lowest BCUT2D eigenvalue weighted by atomic mass is 9.79. The normalized spacial score (nSPS) is 20.7. The van der Waals surface area contributed by atoms with E-state index in [1.54, 1.807) is 19.9 Å². The Balaban J connectivity index is 1.57. The van der Waals surface area contributed by atoms with Crippen molar-refractivity contribution in [2.24, 2.45) is 11.8 Å². The van der Waals surface area contributed by atoms with Gasteiger partial charge in [0.25, 0.3) is 11.8 Å². The number of nitrogens with one attached hydrogen (secondary N) is 3. The van der Waals surface area contributed by atoms with E-state index in [0.717, 1.165) is 31.7 Å². The predicted octanol–water partition coefficient (Wildman–Crippen LogP) is 3.12. The average molecular weight is 659 g/mol. The van der Waals surface area contributed by atoms with E-state index < -0.39 is 45.3 Å². The summed E-state index contributed by atoms with van der Waals surface area (Å²) in [5.41, 5.74) is 0.733. The Labute approximate surface area is 269 Å². The number of carbonyl (C=O) groups is 4. The van der Waals surface area contributed by atoms with Gasteiger partial charge in [-0.3, -0.25) is 23.9 Å². The summed E-state index contributed by atoms with van der Waals surface area (Å²) in [6, 6.07) is 4.74. The molecule has 1 saturated heterocycles. The molecule has 0 spiro atoms. The Morgan fingerprint density at radius 3 is 2.33 bits per heavy atom. The minimum absolute atomic E-state index is 0.0162. The van der Waals surface area contributed by atoms with E-state index >= 15 is 4.39 Å². The van der Waals surface area contributed by atoms with Crippen molar-refractivity contribution in [1.82, 2.24) is 25.3 Å². The summed E-state index contributed by atoms with van der Waals surface area (Å²) in [6.07, 6.45) is 4.91. The van der Waals surface area contributed by atoms with E-state index in [-0.39, 0.29) is 53.9 Å². The fraction of sp³-hybridized carbons (Fsp3) is 0.531. The number of allylic oxidation sites excluding steroid dienone is 1. The molecule has 0 bridgehead atoms. The number of benzene rings is 1. The van der Waals surface area contributed by atoms with Crippen molar-refractivity contribution in [3.8, 4) is 0 Å². The largest absolute Gasteiger partial charge is 0.339 e. The van der Waals surface area contributed by atoms with Crippen LogP contribution < -0.4 is 16.0 Å². The van der Waals surface area contributed by atoms with Crippen molar-refractivity contribution in [3.05, 3.63) is 53.2 Å². The molecule has 4 amide bonds. The maximum absolute atomic E-state index is 15.6. The summed E-state index contributed by atoms with van der Waals surface area (Å²) < 4.78 is 40.8. The first-order chi connectivity index (χ1) is 21.8. The number of sulfone groups is 1. The molecule has 2 aromatic rings. The molecule has 3 N–H and O–H groups in total. The fourth-order valence-corrected chi connectivity index (χ4v) is 7.02. The zero-order valence-corrected chi connectivity index (χ0v) is 27.6. The van der Waals surface area contributed by atoms with Gasteiger partial charge in [0.1, 0.15) is 23.3 Å². The van der Waals surface area contributed by atoms with Crippen LogP contribution in [0.4, 0.5) is 10.1 Å². The number of hydrogen-bond donors (Lipinski definition) is 3. The highest BCUT2D eigenvalue weighted by atomic mass is 32.2. The average Bonchev–Trinajstić information content (AvgIpc) is 3.52. The Morgan fingerprint density at radius 2 is 1.72 bits per heavy atom. The minimum atomic E-state index is -3.24. The number of carbonyl (C=O) groups excluding carboxylic acids is 4. The second kappa shape index (κ2) is 15.0. The van der Waals surface area contributed by atoms with Gasteiger partial charge in [-0.1, -0.05) is 32.8 Å². The molecule has 2 fully saturated rings. The number of anilines is 1. The Morgan fingerprint density at radius 1 is 1.04 bits per heavy atom. The van der Waals surface area contributed by atoms with Crippen LogP contribution in [0.5, 0.6) is 0 Å². The molecular weight excluding hydrogens is 615 g/mol. The third-order valence-electron chi connectivity index (χ3n) is 8.82. The molecule has 0 radical (unpaired) electrons. The molecule has 2 aliphatic rings. The summed E-state index contributed by atoms with van der Waals surface area (Å²) in [5, 5.41) is 12.3. The maximum Gasteiger partial charge on any atom is 0.270 e. The number of hydrogen-bond acceptors (Lipinski definition) is 7. The van der Waals surface area contributed by atoms with Crippen molar-refractivity contribution >= 4 is 44.7 Å². The molecule has 1 aliphatic carbocycles. The molecule has 12 nitrogen and oxygen atoms in total. The molecule has 250 valence electrons. The van der Waals surface area contributed by atoms with E-state index in [9.17, 15) is 27.6 Å². The van der Waals surface area contributed by atoms with Crippen LogP contribution >= 0.6 is 0 Å². The summed E-state index contributed by atoms with van der Waals surface area (Å²) in [7, 11) is -3.24. The molecule has 1 aromatic carbocycles. The van der Waals surface area contributed by atoms with Gasteiger partial charge < -0.3 is 20.9 Å². The summed E-state index contributed by atoms with van der Waals surface area (Å²) in [6.45, 7) is 7.65. The van der Waals surface area contributed by atoms with Crippen molar-refractivity contribution in [1.29, 1.82) is 0 Å². The molecular formula is C32H43FN6O6S. The first-order valence-corrected chi connectivity index (χ1v) is 17.6. The van der Waals surface area contributed by atoms with Crippen LogP contribution in [0.2, 0.25) is 0 Å². The number of aromatic nitrogens is 2. The quantitative estimate of drug-likeness (QED) is 0.331. The first-order valence-electron chi connectivity index (χ1n) is 15.8. The maximum atomic E-state index is 15.6. The van der Waals surface area contributed by atoms with Crippen LogP contribution in [0.25, 0.3) is 5.57 Å². The van der Waals surface area contributed by atoms with E-state index in [1.165, 1.54) is 27.9 Å². The Kier molecular flexibility index (Phi) is 11.4. The van der Waals surface area contributed by atoms with Gasteiger partial charge in [0, 0.05) is 32.3 Å². The highest BCUT2D eigenvalue weighted by Gasteiger charge is 2.34. The zero-order valence-electron chi connectivity index (χ0n) is 26.8. The lowest BCUT2D eigenvalue weighted by Crippen LogP contribution is -2.49. The SMILES string of the molecule is CCC(=O)N/C(C(=O)N1CCS(=O)(=O)CC1)=C(\C)c1ccc(NC(=O)[C@@H](NC(=O)c2ccnn2CC)[C@H]2CC[C@H](C)CC2)c(F)c1. The summed E-state index contributed by atoms with van der Waals surface area (Å²) in [5.74, 6) is -2.71. The summed E-state index contributed by atoms with van der Waals surface area (Å²) in [4.78, 5) is 53.9. The van der Waals surface area contributed by atoms with Crippen LogP contribution in [0, 0.1) is 17.7 Å². The fourth-order valence-electron chi connectivity index (χ4n) is 5.82. The lowest BCUT2D eigenvalue weighted by Gasteiger charge is -2.32. The highest BCUT2D eigenvalue weighted by molar-refractivity contribution is 7.91. The van der Waals surface area contributed by atoms with E-state index in [0.29, 0.717) is 23.7 Å². The third kappa shape index (κ3) is 8.39. The van der Waals surface area contributed by atoms with Crippen LogP contribution in [-0.2, 0) is 30.8 Å². The standard InChI is InChI=1S/C32H43FN6O6S/c1-5-27(40)36-28(32(43)38-15-17-46(44,45)18-16-38)21(4)23-11-12-25(24(33)19-23)35-31(42)29(22-9-7-20(3)8-10-22)37-30(41)26-13-14-34-39(26)6-2/h11-14,19-20,22,29H,5-10,15-18H2,1-4H3,(H,35,42)(H,36,40)(H,37,41)/b28-21+/t20-,22-,29-/m0/s1. The molecule has 1 saturated carbocycles. The van der Waals surface area contributed by atoms with Gasteiger partial charge in [-0.2, -0.15) is 5.10 Å². The van der Waals surface area contributed by atoms with Crippen molar-refractivity contribution in [2.45, 2.75) is 72.4 Å². The predicted molar refractivity (Wildman–Crippen MR) is 172 cm³/mol. The van der Waals surface area contributed by atoms with Gasteiger partial charge >= 0.3 is 0 Å². The van der Waals surface area contributed by atoms with Gasteiger partial charge in [0.2, 0.25) is 11.8 Å². The topological polar surface area (TPSA) is 160 Å². The summed E-state index contributed by atoms with van der Waals surface area (Å²) >= 11 is 0. The molecule has 4 rings (SSSR count). The highest BCUT2D eigenvalue weighted by Crippen LogP contribution is 2.32. The van der Waals surface area contributed by atoms with Gasteiger partial charge in [0.05, 0.1) is 17.2 Å². The molecule has 1 aliphatic heterocycles. The first kappa shape index (κ1) is 34.8. The second-order valence-electron chi connectivity index (χ2n) is 12.0. The third-order valence-corrected chi connectivity index (χ3v) is 10.4. The van der Waals surface area contributed by atoms with Gasteiger partial charge in [-0.25, -0.2) is 12.8 Å². The molecule has 0 unspecified atom stereocenters. The van der Waals surface area contributed by atoms with Gasteiger partial charge in [-0.15, -0.1) is 0 Å². The Bertz CT molecular complexity index is 1600. The Hall–Kier alpha value is -4.07. The van der Waals surface area contributed by atoms with Crippen LogP contribution in [-0.4, -0.2) is 77.4 Å². The number of halogens is 1. The number of nitrogens with zero attached hydrogens (tertiary/aromatic N) is 3. The number of rotatable bonds is 10. The molecule has 46 heavy (non-hydrogen) atoms. The van der Waals surface area contributed by atoms with Crippen LogP contribution in [0.15, 0.2) is 36.2 Å². The number of amides is 4. The minimum Gasteiger partial charge on any atom is -0.339 e.